The Morgan fingerprint density at radius 2 is 2.33 bits per heavy atom. The molecule has 1 amide bonds. The van der Waals surface area contributed by atoms with Crippen LogP contribution in [0.3, 0.4) is 0 Å². The number of rotatable bonds is 1. The molecule has 0 saturated carbocycles. The molecule has 0 bridgehead atoms. The average molecular weight is 221 g/mol. The van der Waals surface area contributed by atoms with Gasteiger partial charge in [0.25, 0.3) is 0 Å². The van der Waals surface area contributed by atoms with E-state index in [4.69, 9.17) is 0 Å². The molecular formula is C12H15NOS. The molecule has 0 saturated heterocycles. The molecule has 0 aliphatic carbocycles. The lowest BCUT2D eigenvalue weighted by molar-refractivity contribution is -0.119. The van der Waals surface area contributed by atoms with Crippen LogP contribution in [0.4, 0.5) is 0 Å². The van der Waals surface area contributed by atoms with Gasteiger partial charge in [0, 0.05) is 23.6 Å². The van der Waals surface area contributed by atoms with E-state index in [-0.39, 0.29) is 5.91 Å². The van der Waals surface area contributed by atoms with Crippen LogP contribution in [-0.2, 0) is 11.2 Å². The summed E-state index contributed by atoms with van der Waals surface area (Å²) in [5.74, 6) is 1.05. The number of carbonyl (C=O) groups excluding carboxylic acids is 1. The summed E-state index contributed by atoms with van der Waals surface area (Å²) in [7, 11) is 0. The first-order valence-electron chi connectivity index (χ1n) is 5.14. The molecule has 1 N–H and O–H groups in total. The Morgan fingerprint density at radius 3 is 3.07 bits per heavy atom. The molecule has 1 atom stereocenters. The molecule has 1 unspecified atom stereocenters. The molecule has 15 heavy (non-hydrogen) atoms. The van der Waals surface area contributed by atoms with Gasteiger partial charge in [0.2, 0.25) is 5.91 Å². The Hall–Kier alpha value is -0.960. The Kier molecular flexibility index (Phi) is 3.00. The summed E-state index contributed by atoms with van der Waals surface area (Å²) in [5, 5.41) is 2.98. The molecule has 1 heterocycles. The normalized spacial score (nSPS) is 19.5. The van der Waals surface area contributed by atoms with Gasteiger partial charge in [-0.15, -0.1) is 11.8 Å². The van der Waals surface area contributed by atoms with Gasteiger partial charge < -0.3 is 5.32 Å². The van der Waals surface area contributed by atoms with E-state index in [1.807, 2.05) is 11.8 Å². The van der Waals surface area contributed by atoms with Gasteiger partial charge in [-0.05, 0) is 25.0 Å². The van der Waals surface area contributed by atoms with Gasteiger partial charge >= 0.3 is 0 Å². The lowest BCUT2D eigenvalue weighted by atomic mass is 10.0. The van der Waals surface area contributed by atoms with Gasteiger partial charge in [-0.25, -0.2) is 0 Å². The van der Waals surface area contributed by atoms with E-state index in [2.05, 4.69) is 30.4 Å². The lowest BCUT2D eigenvalue weighted by Crippen LogP contribution is -2.38. The van der Waals surface area contributed by atoms with Crippen molar-refractivity contribution in [2.75, 3.05) is 5.75 Å². The van der Waals surface area contributed by atoms with Crippen LogP contribution in [0.25, 0.3) is 0 Å². The Labute approximate surface area is 94.4 Å². The molecule has 2 rings (SSSR count). The molecular weight excluding hydrogens is 206 g/mol. The minimum Gasteiger partial charge on any atom is -0.352 e. The molecule has 1 aromatic rings. The number of amides is 1. The quantitative estimate of drug-likeness (QED) is 0.787. The summed E-state index contributed by atoms with van der Waals surface area (Å²) in [6.07, 6.45) is 0.961. The van der Waals surface area contributed by atoms with E-state index in [9.17, 15) is 4.79 Å². The van der Waals surface area contributed by atoms with Crippen LogP contribution in [-0.4, -0.2) is 17.7 Å². The van der Waals surface area contributed by atoms with E-state index >= 15 is 0 Å². The Morgan fingerprint density at radius 1 is 1.53 bits per heavy atom. The van der Waals surface area contributed by atoms with Crippen LogP contribution in [0, 0.1) is 6.92 Å². The van der Waals surface area contributed by atoms with Crippen LogP contribution in [0.15, 0.2) is 23.1 Å². The Balaban J connectivity index is 2.13. The van der Waals surface area contributed by atoms with Crippen molar-refractivity contribution in [2.24, 2.45) is 0 Å². The number of aryl methyl sites for hydroxylation is 1. The molecule has 1 aromatic carbocycles. The largest absolute Gasteiger partial charge is 0.352 e. The highest BCUT2D eigenvalue weighted by molar-refractivity contribution is 7.99. The van der Waals surface area contributed by atoms with Gasteiger partial charge in [-0.3, -0.25) is 4.79 Å². The molecule has 0 aromatic heterocycles. The molecule has 0 spiro atoms. The first kappa shape index (κ1) is 10.6. The van der Waals surface area contributed by atoms with Gasteiger partial charge in [-0.2, -0.15) is 0 Å². The van der Waals surface area contributed by atoms with E-state index in [1.54, 1.807) is 6.92 Å². The topological polar surface area (TPSA) is 29.1 Å². The monoisotopic (exact) mass is 221 g/mol. The molecule has 1 aliphatic heterocycles. The number of nitrogens with one attached hydrogen (secondary N) is 1. The van der Waals surface area contributed by atoms with Gasteiger partial charge in [0.15, 0.2) is 0 Å². The van der Waals surface area contributed by atoms with Crippen molar-refractivity contribution in [2.45, 2.75) is 31.2 Å². The predicted molar refractivity (Wildman–Crippen MR) is 63.2 cm³/mol. The molecule has 2 nitrogen and oxygen atoms in total. The van der Waals surface area contributed by atoms with Crippen LogP contribution in [0.1, 0.15) is 18.1 Å². The van der Waals surface area contributed by atoms with Gasteiger partial charge in [-0.1, -0.05) is 17.7 Å². The highest BCUT2D eigenvalue weighted by Crippen LogP contribution is 2.30. The van der Waals surface area contributed by atoms with Crippen molar-refractivity contribution < 1.29 is 4.79 Å². The lowest BCUT2D eigenvalue weighted by Gasteiger charge is -2.24. The highest BCUT2D eigenvalue weighted by Gasteiger charge is 2.19. The first-order valence-corrected chi connectivity index (χ1v) is 6.13. The van der Waals surface area contributed by atoms with Crippen molar-refractivity contribution in [3.63, 3.8) is 0 Å². The molecule has 0 radical (unpaired) electrons. The Bertz CT molecular complexity index is 389. The molecule has 0 fully saturated rings. The van der Waals surface area contributed by atoms with Crippen molar-refractivity contribution in [3.05, 3.63) is 29.3 Å². The smallest absolute Gasteiger partial charge is 0.217 e. The van der Waals surface area contributed by atoms with E-state index in [0.29, 0.717) is 6.04 Å². The third-order valence-electron chi connectivity index (χ3n) is 2.54. The van der Waals surface area contributed by atoms with Gasteiger partial charge in [0.05, 0.1) is 0 Å². The number of hydrogen-bond donors (Lipinski definition) is 1. The van der Waals surface area contributed by atoms with Crippen LogP contribution >= 0.6 is 11.8 Å². The zero-order chi connectivity index (χ0) is 10.8. The summed E-state index contributed by atoms with van der Waals surface area (Å²) in [5.41, 5.74) is 2.66. The second-order valence-corrected chi connectivity index (χ2v) is 5.09. The number of benzene rings is 1. The molecule has 3 heteroatoms. The highest BCUT2D eigenvalue weighted by atomic mass is 32.2. The second-order valence-electron chi connectivity index (χ2n) is 4.02. The maximum atomic E-state index is 11.0. The summed E-state index contributed by atoms with van der Waals surface area (Å²) in [4.78, 5) is 12.3. The fourth-order valence-corrected chi connectivity index (χ4v) is 3.05. The fourth-order valence-electron chi connectivity index (χ4n) is 1.86. The first-order chi connectivity index (χ1) is 7.15. The van der Waals surface area contributed by atoms with Crippen molar-refractivity contribution >= 4 is 17.7 Å². The van der Waals surface area contributed by atoms with Crippen LogP contribution in [0.2, 0.25) is 0 Å². The third kappa shape index (κ3) is 2.53. The number of thioether (sulfide) groups is 1. The van der Waals surface area contributed by atoms with Gasteiger partial charge in [0.1, 0.15) is 0 Å². The standard InChI is InChI=1S/C12H15NOS/c1-8-3-4-10-6-11(13-9(2)14)7-15-12(10)5-8/h3-5,11H,6-7H2,1-2H3,(H,13,14). The second kappa shape index (κ2) is 4.27. The average Bonchev–Trinajstić information content (AvgIpc) is 2.17. The summed E-state index contributed by atoms with van der Waals surface area (Å²) in [6.45, 7) is 3.69. The number of carbonyl (C=O) groups is 1. The zero-order valence-corrected chi connectivity index (χ0v) is 9.86. The van der Waals surface area contributed by atoms with Crippen molar-refractivity contribution in [1.82, 2.24) is 5.32 Å². The maximum Gasteiger partial charge on any atom is 0.217 e. The predicted octanol–water partition coefficient (Wildman–Crippen LogP) is 2.15. The van der Waals surface area contributed by atoms with E-state index < -0.39 is 0 Å². The minimum absolute atomic E-state index is 0.0659. The fraction of sp³-hybridized carbons (Fsp3) is 0.417. The molecule has 1 aliphatic rings. The number of hydrogen-bond acceptors (Lipinski definition) is 2. The summed E-state index contributed by atoms with van der Waals surface area (Å²) < 4.78 is 0. The maximum absolute atomic E-state index is 11.0. The zero-order valence-electron chi connectivity index (χ0n) is 9.04. The van der Waals surface area contributed by atoms with Crippen molar-refractivity contribution in [3.8, 4) is 0 Å². The van der Waals surface area contributed by atoms with Crippen LogP contribution in [0.5, 0.6) is 0 Å². The van der Waals surface area contributed by atoms with Crippen molar-refractivity contribution in [1.29, 1.82) is 0 Å². The summed E-state index contributed by atoms with van der Waals surface area (Å²) >= 11 is 1.84. The SMILES string of the molecule is CC(=O)NC1CSc2cc(C)ccc2C1. The van der Waals surface area contributed by atoms with Crippen LogP contribution < -0.4 is 5.32 Å². The summed E-state index contributed by atoms with van der Waals surface area (Å²) in [6, 6.07) is 6.83. The van der Waals surface area contributed by atoms with E-state index in [1.165, 1.54) is 16.0 Å². The molecule has 80 valence electrons. The third-order valence-corrected chi connectivity index (χ3v) is 3.80. The number of fused-ring (bicyclic) bond motifs is 1. The minimum atomic E-state index is 0.0659. The van der Waals surface area contributed by atoms with E-state index in [0.717, 1.165) is 12.2 Å².